The van der Waals surface area contributed by atoms with Gasteiger partial charge in [0, 0.05) is 24.2 Å². The molecular formula is C32H47N3O2. The summed E-state index contributed by atoms with van der Waals surface area (Å²) >= 11 is 0. The Labute approximate surface area is 224 Å². The Morgan fingerprint density at radius 1 is 1.05 bits per heavy atom. The molecule has 2 aromatic rings. The lowest BCUT2D eigenvalue weighted by Gasteiger charge is -2.33. The number of unbranched alkanes of at least 4 members (excludes halogenated alkanes) is 4. The van der Waals surface area contributed by atoms with E-state index in [2.05, 4.69) is 67.3 Å². The van der Waals surface area contributed by atoms with Crippen LogP contribution in [-0.4, -0.2) is 38.6 Å². The minimum atomic E-state index is -0.895. The molecule has 5 heteroatoms. The zero-order valence-electron chi connectivity index (χ0n) is 23.5. The molecular weight excluding hydrogens is 458 g/mol. The molecule has 1 atom stereocenters. The highest BCUT2D eigenvalue weighted by molar-refractivity contribution is 5.86. The van der Waals surface area contributed by atoms with E-state index < -0.39 is 5.97 Å². The van der Waals surface area contributed by atoms with Crippen molar-refractivity contribution in [3.63, 3.8) is 0 Å². The quantitative estimate of drug-likeness (QED) is 0.126. The third-order valence-electron chi connectivity index (χ3n) is 6.85. The van der Waals surface area contributed by atoms with Gasteiger partial charge in [0.25, 0.3) is 0 Å². The van der Waals surface area contributed by atoms with Crippen molar-refractivity contribution in [3.8, 4) is 11.4 Å². The lowest BCUT2D eigenvalue weighted by Crippen LogP contribution is -2.33. The van der Waals surface area contributed by atoms with Gasteiger partial charge in [-0.15, -0.1) is 0 Å². The van der Waals surface area contributed by atoms with E-state index in [-0.39, 0.29) is 6.04 Å². The third-order valence-corrected chi connectivity index (χ3v) is 6.85. The second-order valence-electron chi connectivity index (χ2n) is 9.81. The van der Waals surface area contributed by atoms with Gasteiger partial charge in [0.15, 0.2) is 0 Å². The summed E-state index contributed by atoms with van der Waals surface area (Å²) in [6, 6.07) is 10.7. The second kappa shape index (κ2) is 16.8. The number of benzene rings is 1. The van der Waals surface area contributed by atoms with Gasteiger partial charge in [-0.1, -0.05) is 108 Å². The monoisotopic (exact) mass is 505 g/mol. The summed E-state index contributed by atoms with van der Waals surface area (Å²) in [6.45, 7) is 15.0. The fraction of sp³-hybridized carbons (Fsp3) is 0.500. The van der Waals surface area contributed by atoms with Gasteiger partial charge in [-0.3, -0.25) is 4.90 Å². The summed E-state index contributed by atoms with van der Waals surface area (Å²) in [5, 5.41) is 9.28. The predicted molar refractivity (Wildman–Crippen MR) is 156 cm³/mol. The van der Waals surface area contributed by atoms with Crippen molar-refractivity contribution in [3.05, 3.63) is 78.2 Å². The molecule has 0 aliphatic rings. The van der Waals surface area contributed by atoms with Gasteiger partial charge < -0.3 is 9.67 Å². The first-order valence-electron chi connectivity index (χ1n) is 14.0. The highest BCUT2D eigenvalue weighted by Crippen LogP contribution is 2.32. The molecule has 1 N–H and O–H groups in total. The van der Waals surface area contributed by atoms with Crippen LogP contribution in [0, 0.1) is 0 Å². The average molecular weight is 506 g/mol. The fourth-order valence-electron chi connectivity index (χ4n) is 4.57. The van der Waals surface area contributed by atoms with Crippen molar-refractivity contribution in [2.45, 2.75) is 91.6 Å². The van der Waals surface area contributed by atoms with Gasteiger partial charge in [-0.05, 0) is 38.3 Å². The molecule has 202 valence electrons. The molecule has 1 heterocycles. The van der Waals surface area contributed by atoms with Crippen molar-refractivity contribution >= 4 is 5.97 Å². The Hall–Kier alpha value is -2.92. The van der Waals surface area contributed by atoms with E-state index in [4.69, 9.17) is 4.98 Å². The number of carboxylic acids is 1. The molecule has 0 spiro atoms. The smallest absolute Gasteiger partial charge is 0.331 e. The van der Waals surface area contributed by atoms with E-state index in [0.717, 1.165) is 75.1 Å². The van der Waals surface area contributed by atoms with Crippen molar-refractivity contribution in [2.75, 3.05) is 13.1 Å². The third kappa shape index (κ3) is 9.47. The molecule has 37 heavy (non-hydrogen) atoms. The Morgan fingerprint density at radius 2 is 1.76 bits per heavy atom. The van der Waals surface area contributed by atoms with Crippen LogP contribution in [0.2, 0.25) is 0 Å². The first-order valence-corrected chi connectivity index (χ1v) is 14.0. The number of hydrogen-bond donors (Lipinski definition) is 1. The van der Waals surface area contributed by atoms with Crippen LogP contribution in [0.3, 0.4) is 0 Å². The van der Waals surface area contributed by atoms with Crippen LogP contribution >= 0.6 is 0 Å². The van der Waals surface area contributed by atoms with E-state index in [1.165, 1.54) is 18.5 Å². The largest absolute Gasteiger partial charge is 0.478 e. The lowest BCUT2D eigenvalue weighted by molar-refractivity contribution is -0.132. The number of allylic oxidation sites excluding steroid dienone is 2. The van der Waals surface area contributed by atoms with Crippen LogP contribution in [0.25, 0.3) is 11.4 Å². The van der Waals surface area contributed by atoms with E-state index >= 15 is 0 Å². The van der Waals surface area contributed by atoms with Crippen LogP contribution in [0.5, 0.6) is 0 Å². The molecule has 1 aromatic heterocycles. The maximum absolute atomic E-state index is 11.3. The van der Waals surface area contributed by atoms with E-state index in [1.807, 2.05) is 18.2 Å². The zero-order chi connectivity index (χ0) is 27.0. The van der Waals surface area contributed by atoms with E-state index in [9.17, 15) is 9.90 Å². The number of aliphatic carboxylic acids is 1. The van der Waals surface area contributed by atoms with Gasteiger partial charge >= 0.3 is 5.97 Å². The van der Waals surface area contributed by atoms with E-state index in [1.54, 1.807) is 13.0 Å². The number of rotatable bonds is 18. The Bertz CT molecular complexity index is 1020. The van der Waals surface area contributed by atoms with Crippen LogP contribution in [0.15, 0.2) is 72.5 Å². The second-order valence-corrected chi connectivity index (χ2v) is 9.81. The molecule has 0 radical (unpaired) electrons. The number of carboxylic acid groups (broad SMARTS) is 1. The summed E-state index contributed by atoms with van der Waals surface area (Å²) in [7, 11) is 0. The molecule has 0 aliphatic carbocycles. The van der Waals surface area contributed by atoms with Crippen LogP contribution < -0.4 is 0 Å². The molecule has 0 saturated carbocycles. The van der Waals surface area contributed by atoms with Gasteiger partial charge in [0.2, 0.25) is 0 Å². The fourth-order valence-corrected chi connectivity index (χ4v) is 4.57. The first-order chi connectivity index (χ1) is 18.0. The molecule has 0 bridgehead atoms. The highest BCUT2D eigenvalue weighted by atomic mass is 16.4. The molecule has 1 aromatic carbocycles. The SMILES string of the molecule is C=C/C(=C\C=C(/C)C(=O)O)CN(CCCCC)C(CCCC)c1cnc(-c2ccccc2)n1CCCC. The molecule has 5 nitrogen and oxygen atoms in total. The highest BCUT2D eigenvalue weighted by Gasteiger charge is 2.25. The molecule has 0 amide bonds. The molecule has 2 rings (SSSR count). The normalized spacial score (nSPS) is 13.2. The van der Waals surface area contributed by atoms with Gasteiger partial charge in [-0.2, -0.15) is 0 Å². The Kier molecular flexibility index (Phi) is 13.7. The number of aromatic nitrogens is 2. The Morgan fingerprint density at radius 3 is 2.38 bits per heavy atom. The standard InChI is InChI=1S/C32H47N3O2/c1-6-10-16-22-34(25-27(9-4)21-20-26(5)32(36)37)29(19-11-7-2)30-24-33-31(35(30)23-12-8-3)28-17-14-13-15-18-28/h9,13-15,17-18,20-21,24,29H,4,6-8,10-12,16,19,22-23,25H2,1-3,5H3,(H,36,37)/b26-20+,27-21+. The zero-order valence-corrected chi connectivity index (χ0v) is 23.5. The summed E-state index contributed by atoms with van der Waals surface area (Å²) < 4.78 is 2.44. The van der Waals surface area contributed by atoms with Crippen LogP contribution in [-0.2, 0) is 11.3 Å². The average Bonchev–Trinajstić information content (AvgIpc) is 3.33. The maximum atomic E-state index is 11.3. The number of nitrogens with zero attached hydrogens (tertiary/aromatic N) is 3. The minimum absolute atomic E-state index is 0.228. The van der Waals surface area contributed by atoms with Crippen molar-refractivity contribution < 1.29 is 9.90 Å². The molecule has 0 saturated heterocycles. The number of carbonyl (C=O) groups is 1. The first kappa shape index (κ1) is 30.3. The summed E-state index contributed by atoms with van der Waals surface area (Å²) in [4.78, 5) is 18.8. The van der Waals surface area contributed by atoms with Crippen LogP contribution in [0.1, 0.15) is 90.8 Å². The van der Waals surface area contributed by atoms with Crippen molar-refractivity contribution in [1.29, 1.82) is 0 Å². The van der Waals surface area contributed by atoms with Crippen molar-refractivity contribution in [2.24, 2.45) is 0 Å². The molecule has 0 aliphatic heterocycles. The number of imidazole rings is 1. The van der Waals surface area contributed by atoms with E-state index in [0.29, 0.717) is 5.57 Å². The molecule has 1 unspecified atom stereocenters. The topological polar surface area (TPSA) is 58.4 Å². The minimum Gasteiger partial charge on any atom is -0.478 e. The van der Waals surface area contributed by atoms with Crippen molar-refractivity contribution in [1.82, 2.24) is 14.5 Å². The van der Waals surface area contributed by atoms with Gasteiger partial charge in [0.05, 0.1) is 17.9 Å². The summed E-state index contributed by atoms with van der Waals surface area (Å²) in [5.41, 5.74) is 3.78. The summed E-state index contributed by atoms with van der Waals surface area (Å²) in [6.07, 6.45) is 16.6. The summed E-state index contributed by atoms with van der Waals surface area (Å²) in [5.74, 6) is 0.145. The van der Waals surface area contributed by atoms with Gasteiger partial charge in [-0.25, -0.2) is 9.78 Å². The number of hydrogen-bond acceptors (Lipinski definition) is 3. The Balaban J connectivity index is 2.54. The lowest BCUT2D eigenvalue weighted by atomic mass is 10.0. The predicted octanol–water partition coefficient (Wildman–Crippen LogP) is 8.22. The molecule has 0 fully saturated rings. The maximum Gasteiger partial charge on any atom is 0.331 e. The van der Waals surface area contributed by atoms with Crippen LogP contribution in [0.4, 0.5) is 0 Å². The van der Waals surface area contributed by atoms with Gasteiger partial charge in [0.1, 0.15) is 5.82 Å².